The molecule has 1 aliphatic rings. The molecule has 266 valence electrons. The summed E-state index contributed by atoms with van der Waals surface area (Å²) in [4.78, 5) is 26.7. The fraction of sp³-hybridized carbons (Fsp3) is 0.579. The van der Waals surface area contributed by atoms with E-state index in [0.717, 1.165) is 16.9 Å². The largest absolute Gasteiger partial charge is 0.497 e. The lowest BCUT2D eigenvalue weighted by atomic mass is 9.76. The number of esters is 1. The lowest BCUT2D eigenvalue weighted by Crippen LogP contribution is -2.62. The zero-order chi connectivity index (χ0) is 35.8. The molecule has 1 saturated heterocycles. The van der Waals surface area contributed by atoms with Crippen LogP contribution in [0.4, 0.5) is 0 Å². The summed E-state index contributed by atoms with van der Waals surface area (Å²) in [5.41, 5.74) is 1.35. The number of hydrogen-bond donors (Lipinski definition) is 0. The highest BCUT2D eigenvalue weighted by Crippen LogP contribution is 2.46. The molecule has 0 saturated carbocycles. The number of carbonyl (C=O) groups excluding carboxylic acids is 2. The molecule has 1 fully saturated rings. The van der Waals surface area contributed by atoms with Gasteiger partial charge in [0.1, 0.15) is 5.75 Å². The average Bonchev–Trinajstić information content (AvgIpc) is 3.06. The summed E-state index contributed by atoms with van der Waals surface area (Å²) in [5.74, 6) is -2.01. The molecular formula is C38H56O9Si. The molecule has 0 aromatic heterocycles. The quantitative estimate of drug-likeness (QED) is 0.102. The molecular weight excluding hydrogens is 628 g/mol. The van der Waals surface area contributed by atoms with E-state index in [4.69, 9.17) is 32.8 Å². The minimum Gasteiger partial charge on any atom is -0.497 e. The van der Waals surface area contributed by atoms with Crippen LogP contribution in [-0.4, -0.2) is 72.1 Å². The van der Waals surface area contributed by atoms with E-state index in [1.54, 1.807) is 7.11 Å². The Morgan fingerprint density at radius 2 is 1.56 bits per heavy atom. The second-order valence-electron chi connectivity index (χ2n) is 14.7. The van der Waals surface area contributed by atoms with E-state index in [1.165, 1.54) is 20.3 Å². The average molecular weight is 685 g/mol. The molecule has 0 bridgehead atoms. The molecule has 2 aromatic carbocycles. The van der Waals surface area contributed by atoms with Gasteiger partial charge in [-0.3, -0.25) is 4.79 Å². The van der Waals surface area contributed by atoms with Crippen molar-refractivity contribution < 1.29 is 42.4 Å². The predicted octanol–water partition coefficient (Wildman–Crippen LogP) is 7.42. The number of ketones is 1. The number of hydrogen-bond acceptors (Lipinski definition) is 9. The van der Waals surface area contributed by atoms with Crippen molar-refractivity contribution in [1.82, 2.24) is 0 Å². The van der Waals surface area contributed by atoms with Crippen LogP contribution in [-0.2, 0) is 50.9 Å². The van der Waals surface area contributed by atoms with Gasteiger partial charge in [0.25, 0.3) is 0 Å². The van der Waals surface area contributed by atoms with E-state index in [9.17, 15) is 9.59 Å². The van der Waals surface area contributed by atoms with Gasteiger partial charge in [-0.1, -0.05) is 77.1 Å². The molecule has 4 atom stereocenters. The minimum absolute atomic E-state index is 0.0381. The zero-order valence-electron chi connectivity index (χ0n) is 30.7. The molecule has 9 nitrogen and oxygen atoms in total. The van der Waals surface area contributed by atoms with Gasteiger partial charge in [-0.05, 0) is 48.3 Å². The highest BCUT2D eigenvalue weighted by atomic mass is 28.4. The summed E-state index contributed by atoms with van der Waals surface area (Å²) in [5, 5.41) is -0.0381. The topological polar surface area (TPSA) is 98.8 Å². The van der Waals surface area contributed by atoms with Gasteiger partial charge in [0, 0.05) is 43.6 Å². The standard InChI is InChI=1S/C38H56O9Si/c1-27(44-24-28-15-13-12-14-16-28)33(45-25-29-17-19-31(41-7)20-18-29)23-32-21-30(22-34(39)42-8)35(40)38(43-9,47-32)37(5,6)26-46-48(10,11)36(2,3)4/h12-20,22,27,32-33H,21,23-26H2,1-11H3/b30-22+/t27-,32-,33+,38+/m0/s1. The normalized spacial score (nSPS) is 21.2. The molecule has 10 heteroatoms. The lowest BCUT2D eigenvalue weighted by Gasteiger charge is -2.50. The Balaban J connectivity index is 1.95. The highest BCUT2D eigenvalue weighted by Gasteiger charge is 2.58. The van der Waals surface area contributed by atoms with Crippen molar-refractivity contribution in [1.29, 1.82) is 0 Å². The lowest BCUT2D eigenvalue weighted by molar-refractivity contribution is -0.293. The molecule has 0 unspecified atom stereocenters. The Kier molecular flexibility index (Phi) is 13.8. The number of methoxy groups -OCH3 is 3. The summed E-state index contributed by atoms with van der Waals surface area (Å²) >= 11 is 0. The number of carbonyl (C=O) groups is 2. The maximum Gasteiger partial charge on any atom is 0.330 e. The van der Waals surface area contributed by atoms with E-state index >= 15 is 0 Å². The molecule has 0 aliphatic carbocycles. The monoisotopic (exact) mass is 684 g/mol. The van der Waals surface area contributed by atoms with E-state index in [0.29, 0.717) is 19.6 Å². The number of Topliss-reactive ketones (excluding diaryl/α,β-unsaturated/α-hetero) is 1. The van der Waals surface area contributed by atoms with Crippen LogP contribution in [0.3, 0.4) is 0 Å². The van der Waals surface area contributed by atoms with E-state index in [-0.39, 0.29) is 29.7 Å². The van der Waals surface area contributed by atoms with Crippen LogP contribution in [0.15, 0.2) is 66.2 Å². The van der Waals surface area contributed by atoms with Gasteiger partial charge in [0.05, 0.1) is 45.7 Å². The zero-order valence-corrected chi connectivity index (χ0v) is 31.7. The number of benzene rings is 2. The molecule has 1 heterocycles. The number of ether oxygens (including phenoxy) is 6. The molecule has 48 heavy (non-hydrogen) atoms. The molecule has 2 aromatic rings. The first-order chi connectivity index (χ1) is 22.5. The summed E-state index contributed by atoms with van der Waals surface area (Å²) in [7, 11) is 2.19. The molecule has 3 rings (SSSR count). The van der Waals surface area contributed by atoms with Crippen molar-refractivity contribution in [2.45, 2.75) is 110 Å². The van der Waals surface area contributed by atoms with E-state index in [2.05, 4.69) is 33.9 Å². The van der Waals surface area contributed by atoms with Crippen molar-refractivity contribution in [3.63, 3.8) is 0 Å². The SMILES string of the molecule is COC(=O)/C=C1\C[C@@H](C[C@@H](OCc2ccc(OC)cc2)[C@H](C)OCc2ccccc2)O[C@@](OC)(C(C)(C)CO[Si](C)(C)C(C)(C)C)C1=O. The first kappa shape index (κ1) is 39.6. The van der Waals surface area contributed by atoms with Crippen LogP contribution in [0, 0.1) is 5.41 Å². The maximum atomic E-state index is 14.2. The van der Waals surface area contributed by atoms with E-state index < -0.39 is 43.5 Å². The van der Waals surface area contributed by atoms with Crippen LogP contribution in [0.1, 0.15) is 65.5 Å². The van der Waals surface area contributed by atoms with Crippen LogP contribution in [0.2, 0.25) is 18.1 Å². The summed E-state index contributed by atoms with van der Waals surface area (Å²) in [6, 6.07) is 17.6. The molecule has 0 amide bonds. The Morgan fingerprint density at radius 3 is 2.12 bits per heavy atom. The van der Waals surface area contributed by atoms with Gasteiger partial charge in [0.15, 0.2) is 8.32 Å². The molecule has 1 aliphatic heterocycles. The van der Waals surface area contributed by atoms with Crippen molar-refractivity contribution >= 4 is 20.1 Å². The third-order valence-corrected chi connectivity index (χ3v) is 14.1. The van der Waals surface area contributed by atoms with Gasteiger partial charge in [-0.15, -0.1) is 0 Å². The summed E-state index contributed by atoms with van der Waals surface area (Å²) in [6.07, 6.45) is 0.446. The second kappa shape index (κ2) is 16.7. The summed E-state index contributed by atoms with van der Waals surface area (Å²) in [6.45, 7) is 17.6. The van der Waals surface area contributed by atoms with Crippen LogP contribution in [0.5, 0.6) is 5.75 Å². The van der Waals surface area contributed by atoms with Crippen LogP contribution < -0.4 is 4.74 Å². The van der Waals surface area contributed by atoms with Crippen molar-refractivity contribution in [3.8, 4) is 5.75 Å². The predicted molar refractivity (Wildman–Crippen MR) is 188 cm³/mol. The smallest absolute Gasteiger partial charge is 0.330 e. The Hall–Kier alpha value is -2.86. The van der Waals surface area contributed by atoms with Gasteiger partial charge < -0.3 is 32.8 Å². The second-order valence-corrected chi connectivity index (χ2v) is 19.5. The number of rotatable bonds is 16. The van der Waals surface area contributed by atoms with Crippen LogP contribution >= 0.6 is 0 Å². The van der Waals surface area contributed by atoms with E-state index in [1.807, 2.05) is 75.4 Å². The third kappa shape index (κ3) is 9.86. The third-order valence-electron chi connectivity index (χ3n) is 9.64. The highest BCUT2D eigenvalue weighted by molar-refractivity contribution is 6.74. The van der Waals surface area contributed by atoms with Gasteiger partial charge in [-0.2, -0.15) is 0 Å². The van der Waals surface area contributed by atoms with Gasteiger partial charge in [0.2, 0.25) is 11.6 Å². The molecule has 0 spiro atoms. The van der Waals surface area contributed by atoms with Crippen LogP contribution in [0.25, 0.3) is 0 Å². The minimum atomic E-state index is -2.19. The fourth-order valence-corrected chi connectivity index (χ4v) is 6.54. The Bertz CT molecular complexity index is 1360. The van der Waals surface area contributed by atoms with Gasteiger partial charge >= 0.3 is 5.97 Å². The Morgan fingerprint density at radius 1 is 0.958 bits per heavy atom. The van der Waals surface area contributed by atoms with Gasteiger partial charge in [-0.25, -0.2) is 4.79 Å². The van der Waals surface area contributed by atoms with Crippen molar-refractivity contribution in [2.24, 2.45) is 5.41 Å². The molecule has 0 radical (unpaired) electrons. The Labute approximate surface area is 288 Å². The molecule has 0 N–H and O–H groups in total. The fourth-order valence-electron chi connectivity index (χ4n) is 5.38. The first-order valence-electron chi connectivity index (χ1n) is 16.6. The summed E-state index contributed by atoms with van der Waals surface area (Å²) < 4.78 is 42.5. The first-order valence-corrected chi connectivity index (χ1v) is 19.5. The van der Waals surface area contributed by atoms with Crippen molar-refractivity contribution in [3.05, 3.63) is 77.4 Å². The maximum absolute atomic E-state index is 14.2. The van der Waals surface area contributed by atoms with Crippen molar-refractivity contribution in [2.75, 3.05) is 27.9 Å².